The van der Waals surface area contributed by atoms with Crippen molar-refractivity contribution in [3.8, 4) is 0 Å². The fourth-order valence-electron chi connectivity index (χ4n) is 2.32. The van der Waals surface area contributed by atoms with E-state index in [0.29, 0.717) is 0 Å². The van der Waals surface area contributed by atoms with Crippen molar-refractivity contribution in [1.29, 1.82) is 0 Å². The molecule has 0 unspecified atom stereocenters. The lowest BCUT2D eigenvalue weighted by molar-refractivity contribution is -0.316. The third-order valence-corrected chi connectivity index (χ3v) is 3.64. The Balaban J connectivity index is 6.04. The van der Waals surface area contributed by atoms with Gasteiger partial charge in [-0.2, -0.15) is 30.7 Å². The third-order valence-electron chi connectivity index (χ3n) is 3.06. The van der Waals surface area contributed by atoms with Crippen molar-refractivity contribution in [2.45, 2.75) is 69.6 Å². The van der Waals surface area contributed by atoms with Gasteiger partial charge in [-0.05, 0) is 12.8 Å². The summed E-state index contributed by atoms with van der Waals surface area (Å²) in [5.41, 5.74) is -3.41. The van der Waals surface area contributed by atoms with E-state index in [1.807, 2.05) is 0 Å². The van der Waals surface area contributed by atoms with Crippen LogP contribution in [-0.2, 0) is 9.09 Å². The Kier molecular flexibility index (Phi) is 7.13. The predicted octanol–water partition coefficient (Wildman–Crippen LogP) is 4.66. The van der Waals surface area contributed by atoms with Crippen molar-refractivity contribution >= 4 is 7.82 Å². The summed E-state index contributed by atoms with van der Waals surface area (Å²) in [6.07, 6.45) is -11.2. The van der Waals surface area contributed by atoms with Gasteiger partial charge in [0, 0.05) is 0 Å². The average Bonchev–Trinajstić information content (AvgIpc) is 2.23. The summed E-state index contributed by atoms with van der Waals surface area (Å²) in [5.74, 6) is -11.0. The first-order valence-corrected chi connectivity index (χ1v) is 8.15. The number of hydrogen-bond acceptors (Lipinski definition) is 2. The minimum Gasteiger partial charge on any atom is -0.303 e. The second-order valence-electron chi connectivity index (χ2n) is 5.15. The van der Waals surface area contributed by atoms with Crippen molar-refractivity contribution in [1.82, 2.24) is 0 Å². The Morgan fingerprint density at radius 2 is 1.30 bits per heavy atom. The Bertz CT molecular complexity index is 427. The van der Waals surface area contributed by atoms with Gasteiger partial charge in [0.2, 0.25) is 0 Å². The largest absolute Gasteiger partial charge is 0.470 e. The molecule has 0 radical (unpaired) electrons. The van der Waals surface area contributed by atoms with Gasteiger partial charge in [0.15, 0.2) is 0 Å². The molecule has 0 saturated heterocycles. The van der Waals surface area contributed by atoms with Crippen LogP contribution in [-0.4, -0.2) is 33.4 Å². The molecule has 12 heteroatoms. The molecular weight excluding hydrogens is 360 g/mol. The van der Waals surface area contributed by atoms with Crippen LogP contribution < -0.4 is 0 Å². The van der Waals surface area contributed by atoms with Gasteiger partial charge < -0.3 is 9.79 Å². The normalized spacial score (nSPS) is 15.1. The second kappa shape index (κ2) is 7.25. The van der Waals surface area contributed by atoms with E-state index in [1.165, 1.54) is 13.8 Å². The molecule has 4 nitrogen and oxygen atoms in total. The van der Waals surface area contributed by atoms with Crippen LogP contribution in [0.15, 0.2) is 0 Å². The minimum atomic E-state index is -5.66. The molecule has 23 heavy (non-hydrogen) atoms. The number of hydrogen-bond donors (Lipinski definition) is 2. The summed E-state index contributed by atoms with van der Waals surface area (Å²) in [6, 6.07) is 0. The van der Waals surface area contributed by atoms with Crippen LogP contribution in [0, 0.1) is 0 Å². The zero-order chi connectivity index (χ0) is 18.7. The van der Waals surface area contributed by atoms with E-state index in [1.54, 1.807) is 0 Å². The Morgan fingerprint density at radius 1 is 0.913 bits per heavy atom. The zero-order valence-corrected chi connectivity index (χ0v) is 13.2. The summed E-state index contributed by atoms with van der Waals surface area (Å²) < 4.78 is 107. The molecule has 0 fully saturated rings. The topological polar surface area (TPSA) is 66.8 Å². The van der Waals surface area contributed by atoms with Crippen molar-refractivity contribution in [2.75, 3.05) is 0 Å². The number of alkyl halides is 7. The number of phosphoric ester groups is 1. The second-order valence-corrected chi connectivity index (χ2v) is 6.31. The first-order chi connectivity index (χ1) is 10.0. The molecule has 0 aliphatic rings. The predicted molar refractivity (Wildman–Crippen MR) is 66.2 cm³/mol. The van der Waals surface area contributed by atoms with Crippen molar-refractivity contribution < 1.29 is 49.6 Å². The molecule has 0 aromatic carbocycles. The molecule has 0 rings (SSSR count). The van der Waals surface area contributed by atoms with Crippen molar-refractivity contribution in [2.24, 2.45) is 0 Å². The first kappa shape index (κ1) is 22.6. The van der Waals surface area contributed by atoms with Gasteiger partial charge in [-0.1, -0.05) is 26.7 Å². The van der Waals surface area contributed by atoms with Gasteiger partial charge in [0.1, 0.15) is 12.0 Å². The van der Waals surface area contributed by atoms with Crippen LogP contribution in [0.2, 0.25) is 0 Å². The molecule has 0 saturated carbocycles. The van der Waals surface area contributed by atoms with E-state index < -0.39 is 50.7 Å². The highest BCUT2D eigenvalue weighted by atomic mass is 31.2. The molecule has 0 bridgehead atoms. The molecule has 0 aromatic rings. The zero-order valence-electron chi connectivity index (χ0n) is 12.3. The Morgan fingerprint density at radius 3 is 1.57 bits per heavy atom. The van der Waals surface area contributed by atoms with Crippen LogP contribution in [0.25, 0.3) is 0 Å². The number of halogens is 7. The van der Waals surface area contributed by atoms with Crippen LogP contribution in [0.4, 0.5) is 30.7 Å². The van der Waals surface area contributed by atoms with E-state index >= 15 is 0 Å². The summed E-state index contributed by atoms with van der Waals surface area (Å²) in [5, 5.41) is 0. The summed E-state index contributed by atoms with van der Waals surface area (Å²) in [7, 11) is -5.66. The molecule has 0 atom stereocenters. The van der Waals surface area contributed by atoms with Crippen LogP contribution >= 0.6 is 7.82 Å². The third kappa shape index (κ3) is 5.88. The highest BCUT2D eigenvalue weighted by Crippen LogP contribution is 2.57. The van der Waals surface area contributed by atoms with E-state index in [9.17, 15) is 35.3 Å². The monoisotopic (exact) mass is 378 g/mol. The van der Waals surface area contributed by atoms with Gasteiger partial charge in [0.05, 0.1) is 0 Å². The maximum atomic E-state index is 14.2. The SMILES string of the molecule is CCCC(CCC)(OP(=O)(O)O)C(F)(F)C(F)(F)CC(F)(F)F. The smallest absolute Gasteiger partial charge is 0.303 e. The van der Waals surface area contributed by atoms with Crippen molar-refractivity contribution in [3.63, 3.8) is 0 Å². The van der Waals surface area contributed by atoms with E-state index in [-0.39, 0.29) is 12.8 Å². The Hall–Kier alpha value is -0.380. The quantitative estimate of drug-likeness (QED) is 0.453. The molecule has 0 aromatic heterocycles. The fraction of sp³-hybridized carbons (Fsp3) is 1.00. The maximum absolute atomic E-state index is 14.2. The summed E-state index contributed by atoms with van der Waals surface area (Å²) in [4.78, 5) is 17.5. The maximum Gasteiger partial charge on any atom is 0.470 e. The van der Waals surface area contributed by atoms with E-state index in [4.69, 9.17) is 9.79 Å². The van der Waals surface area contributed by atoms with Gasteiger partial charge in [-0.15, -0.1) is 0 Å². The van der Waals surface area contributed by atoms with Gasteiger partial charge in [0.25, 0.3) is 0 Å². The lowest BCUT2D eigenvalue weighted by Gasteiger charge is -2.43. The van der Waals surface area contributed by atoms with Crippen molar-refractivity contribution in [3.05, 3.63) is 0 Å². The highest BCUT2D eigenvalue weighted by molar-refractivity contribution is 7.46. The van der Waals surface area contributed by atoms with Gasteiger partial charge in [-0.25, -0.2) is 4.57 Å². The number of rotatable bonds is 9. The van der Waals surface area contributed by atoms with Gasteiger partial charge in [-0.3, -0.25) is 4.52 Å². The van der Waals surface area contributed by atoms with Crippen LogP contribution in [0.1, 0.15) is 46.0 Å². The van der Waals surface area contributed by atoms with Crippen LogP contribution in [0.5, 0.6) is 0 Å². The van der Waals surface area contributed by atoms with Crippen LogP contribution in [0.3, 0.4) is 0 Å². The highest BCUT2D eigenvalue weighted by Gasteiger charge is 2.72. The lowest BCUT2D eigenvalue weighted by Crippen LogP contribution is -2.60. The molecule has 0 amide bonds. The Labute approximate surface area is 128 Å². The van der Waals surface area contributed by atoms with E-state index in [0.717, 1.165) is 0 Å². The molecule has 0 aliphatic heterocycles. The molecule has 2 N–H and O–H groups in total. The molecule has 0 heterocycles. The first-order valence-electron chi connectivity index (χ1n) is 6.62. The standard InChI is InChI=1S/C11H18F7O4P/c1-3-5-8(6-4-2,22-23(19,20)21)11(17,18)9(12,13)7-10(14,15)16/h3-7H2,1-2H3,(H2,19,20,21). The number of phosphoric acid groups is 1. The minimum absolute atomic E-state index is 0.266. The average molecular weight is 378 g/mol. The summed E-state index contributed by atoms with van der Waals surface area (Å²) in [6.45, 7) is 2.48. The molecule has 140 valence electrons. The van der Waals surface area contributed by atoms with Gasteiger partial charge >= 0.3 is 25.8 Å². The molecule has 0 spiro atoms. The van der Waals surface area contributed by atoms with E-state index in [2.05, 4.69) is 4.52 Å². The fourth-order valence-corrected chi connectivity index (χ4v) is 3.07. The summed E-state index contributed by atoms with van der Waals surface area (Å²) >= 11 is 0. The lowest BCUT2D eigenvalue weighted by atomic mass is 9.82. The molecular formula is C11H18F7O4P. The molecule has 0 aliphatic carbocycles.